The highest BCUT2D eigenvalue weighted by atomic mass is 35.5. The lowest BCUT2D eigenvalue weighted by Crippen LogP contribution is -2.33. The van der Waals surface area contributed by atoms with E-state index in [-0.39, 0.29) is 5.60 Å². The second-order valence-corrected chi connectivity index (χ2v) is 6.68. The standard InChI is InChI=1S/C16H20ClN3O/c1-16(2)10-12(6-7-21-16)15-18-14(19-20-15)9-11-4-3-5-13(17)8-11/h3-5,8,12H,6-7,9-10H2,1-2H3,(H,18,19,20)/t12-/m0/s1. The van der Waals surface area contributed by atoms with Gasteiger partial charge in [-0.3, -0.25) is 5.10 Å². The molecular weight excluding hydrogens is 286 g/mol. The third-order valence-corrected chi connectivity index (χ3v) is 4.11. The summed E-state index contributed by atoms with van der Waals surface area (Å²) in [4.78, 5) is 4.66. The molecule has 2 aromatic rings. The summed E-state index contributed by atoms with van der Waals surface area (Å²) in [5.41, 5.74) is 1.05. The average molecular weight is 306 g/mol. The first-order chi connectivity index (χ1) is 10.0. The van der Waals surface area contributed by atoms with Gasteiger partial charge in [-0.25, -0.2) is 4.98 Å². The van der Waals surface area contributed by atoms with Gasteiger partial charge in [-0.05, 0) is 44.4 Å². The number of aromatic amines is 1. The molecule has 4 nitrogen and oxygen atoms in total. The topological polar surface area (TPSA) is 50.8 Å². The second kappa shape index (κ2) is 5.78. The minimum atomic E-state index is -0.0866. The molecule has 0 unspecified atom stereocenters. The summed E-state index contributed by atoms with van der Waals surface area (Å²) in [6.45, 7) is 5.02. The van der Waals surface area contributed by atoms with Crippen molar-refractivity contribution in [3.8, 4) is 0 Å². The van der Waals surface area contributed by atoms with Crippen LogP contribution in [-0.4, -0.2) is 27.4 Å². The quantitative estimate of drug-likeness (QED) is 0.940. The molecule has 1 aromatic heterocycles. The highest BCUT2D eigenvalue weighted by molar-refractivity contribution is 6.30. The van der Waals surface area contributed by atoms with E-state index in [0.717, 1.165) is 48.1 Å². The van der Waals surface area contributed by atoms with Gasteiger partial charge in [-0.15, -0.1) is 0 Å². The van der Waals surface area contributed by atoms with Gasteiger partial charge in [-0.1, -0.05) is 23.7 Å². The molecule has 0 aliphatic carbocycles. The SMILES string of the molecule is CC1(C)C[C@@H](c2n[nH]c(Cc3cccc(Cl)c3)n2)CCO1. The number of H-pyrrole nitrogens is 1. The van der Waals surface area contributed by atoms with E-state index in [9.17, 15) is 0 Å². The molecule has 0 saturated carbocycles. The van der Waals surface area contributed by atoms with Gasteiger partial charge in [0.2, 0.25) is 0 Å². The van der Waals surface area contributed by atoms with Gasteiger partial charge >= 0.3 is 0 Å². The number of aromatic nitrogens is 3. The monoisotopic (exact) mass is 305 g/mol. The highest BCUT2D eigenvalue weighted by Gasteiger charge is 2.31. The summed E-state index contributed by atoms with van der Waals surface area (Å²) in [6.07, 6.45) is 2.67. The fourth-order valence-corrected chi connectivity index (χ4v) is 3.08. The van der Waals surface area contributed by atoms with Crippen LogP contribution >= 0.6 is 11.6 Å². The lowest BCUT2D eigenvalue weighted by molar-refractivity contribution is -0.0602. The van der Waals surface area contributed by atoms with Crippen LogP contribution < -0.4 is 0 Å². The Hall–Kier alpha value is -1.39. The minimum Gasteiger partial charge on any atom is -0.376 e. The Bertz CT molecular complexity index is 623. The van der Waals surface area contributed by atoms with Gasteiger partial charge in [0.05, 0.1) is 5.60 Å². The second-order valence-electron chi connectivity index (χ2n) is 6.24. The van der Waals surface area contributed by atoms with Crippen molar-refractivity contribution in [1.82, 2.24) is 15.2 Å². The summed E-state index contributed by atoms with van der Waals surface area (Å²) in [5.74, 6) is 2.16. The van der Waals surface area contributed by atoms with Crippen LogP contribution in [0.4, 0.5) is 0 Å². The molecule has 1 saturated heterocycles. The maximum absolute atomic E-state index is 6.01. The first kappa shape index (κ1) is 14.5. The van der Waals surface area contributed by atoms with Crippen LogP contribution in [-0.2, 0) is 11.2 Å². The first-order valence-corrected chi connectivity index (χ1v) is 7.69. The van der Waals surface area contributed by atoms with Gasteiger partial charge in [0.15, 0.2) is 5.82 Å². The Morgan fingerprint density at radius 2 is 2.29 bits per heavy atom. The summed E-state index contributed by atoms with van der Waals surface area (Å²) in [5, 5.41) is 8.20. The van der Waals surface area contributed by atoms with Crippen LogP contribution in [0.3, 0.4) is 0 Å². The number of nitrogens with zero attached hydrogens (tertiary/aromatic N) is 2. The molecule has 21 heavy (non-hydrogen) atoms. The average Bonchev–Trinajstić information content (AvgIpc) is 2.86. The van der Waals surface area contributed by atoms with E-state index >= 15 is 0 Å². The lowest BCUT2D eigenvalue weighted by Gasteiger charge is -2.34. The molecule has 1 aliphatic rings. The Kier molecular flexibility index (Phi) is 4.00. The molecule has 0 bridgehead atoms. The number of rotatable bonds is 3. The van der Waals surface area contributed by atoms with Crippen molar-refractivity contribution in [2.24, 2.45) is 0 Å². The molecule has 1 fully saturated rings. The zero-order valence-corrected chi connectivity index (χ0v) is 13.2. The minimum absolute atomic E-state index is 0.0866. The Balaban J connectivity index is 1.71. The molecule has 1 aromatic carbocycles. The predicted molar refractivity (Wildman–Crippen MR) is 82.6 cm³/mol. The molecule has 0 spiro atoms. The number of hydrogen-bond donors (Lipinski definition) is 1. The molecule has 0 amide bonds. The van der Waals surface area contributed by atoms with E-state index in [1.54, 1.807) is 0 Å². The molecule has 2 heterocycles. The van der Waals surface area contributed by atoms with Gasteiger partial charge in [-0.2, -0.15) is 5.10 Å². The van der Waals surface area contributed by atoms with E-state index in [2.05, 4.69) is 29.0 Å². The van der Waals surface area contributed by atoms with Crippen molar-refractivity contribution >= 4 is 11.6 Å². The third-order valence-electron chi connectivity index (χ3n) is 3.87. The third kappa shape index (κ3) is 3.63. The fourth-order valence-electron chi connectivity index (χ4n) is 2.86. The summed E-state index contributed by atoms with van der Waals surface area (Å²) in [6, 6.07) is 7.84. The highest BCUT2D eigenvalue weighted by Crippen LogP contribution is 2.34. The normalized spacial score (nSPS) is 21.4. The van der Waals surface area contributed by atoms with E-state index in [0.29, 0.717) is 5.92 Å². The van der Waals surface area contributed by atoms with E-state index in [4.69, 9.17) is 16.3 Å². The van der Waals surface area contributed by atoms with Crippen molar-refractivity contribution in [1.29, 1.82) is 0 Å². The molecule has 1 atom stereocenters. The van der Waals surface area contributed by atoms with Gasteiger partial charge in [0.1, 0.15) is 5.82 Å². The van der Waals surface area contributed by atoms with Crippen molar-refractivity contribution in [3.05, 3.63) is 46.5 Å². The molecule has 3 rings (SSSR count). The number of halogens is 1. The molecular formula is C16H20ClN3O. The molecule has 0 radical (unpaired) electrons. The van der Waals surface area contributed by atoms with Crippen LogP contribution in [0.15, 0.2) is 24.3 Å². The molecule has 5 heteroatoms. The van der Waals surface area contributed by atoms with Crippen molar-refractivity contribution in [3.63, 3.8) is 0 Å². The van der Waals surface area contributed by atoms with Gasteiger partial charge in [0.25, 0.3) is 0 Å². The van der Waals surface area contributed by atoms with Crippen molar-refractivity contribution in [2.45, 2.75) is 44.6 Å². The van der Waals surface area contributed by atoms with Crippen molar-refractivity contribution < 1.29 is 4.74 Å². The van der Waals surface area contributed by atoms with Crippen LogP contribution in [0.5, 0.6) is 0 Å². The number of benzene rings is 1. The number of ether oxygens (including phenoxy) is 1. The predicted octanol–water partition coefficient (Wildman–Crippen LogP) is 3.72. The maximum Gasteiger partial charge on any atom is 0.153 e. The van der Waals surface area contributed by atoms with Crippen LogP contribution in [0.2, 0.25) is 5.02 Å². The summed E-state index contributed by atoms with van der Waals surface area (Å²) < 4.78 is 5.75. The first-order valence-electron chi connectivity index (χ1n) is 7.31. The summed E-state index contributed by atoms with van der Waals surface area (Å²) in [7, 11) is 0. The molecule has 1 aliphatic heterocycles. The van der Waals surface area contributed by atoms with Crippen molar-refractivity contribution in [2.75, 3.05) is 6.61 Å². The van der Waals surface area contributed by atoms with Gasteiger partial charge in [0, 0.05) is 24.0 Å². The Morgan fingerprint density at radius 3 is 3.05 bits per heavy atom. The van der Waals surface area contributed by atoms with Crippen LogP contribution in [0, 0.1) is 0 Å². The summed E-state index contributed by atoms with van der Waals surface area (Å²) >= 11 is 6.01. The zero-order valence-electron chi connectivity index (χ0n) is 12.4. The molecule has 1 N–H and O–H groups in total. The van der Waals surface area contributed by atoms with Gasteiger partial charge < -0.3 is 4.74 Å². The van der Waals surface area contributed by atoms with E-state index in [1.165, 1.54) is 0 Å². The largest absolute Gasteiger partial charge is 0.376 e. The van der Waals surface area contributed by atoms with Crippen LogP contribution in [0.25, 0.3) is 0 Å². The van der Waals surface area contributed by atoms with Crippen LogP contribution in [0.1, 0.15) is 49.8 Å². The maximum atomic E-state index is 6.01. The lowest BCUT2D eigenvalue weighted by atomic mass is 9.88. The number of nitrogens with one attached hydrogen (secondary N) is 1. The molecule has 112 valence electrons. The zero-order chi connectivity index (χ0) is 14.9. The number of hydrogen-bond acceptors (Lipinski definition) is 3. The Morgan fingerprint density at radius 1 is 1.43 bits per heavy atom. The van der Waals surface area contributed by atoms with E-state index in [1.807, 2.05) is 24.3 Å². The Labute approximate surface area is 129 Å². The smallest absolute Gasteiger partial charge is 0.153 e. The van der Waals surface area contributed by atoms with E-state index < -0.39 is 0 Å². The fraction of sp³-hybridized carbons (Fsp3) is 0.500.